The fourth-order valence-corrected chi connectivity index (χ4v) is 3.29. The Morgan fingerprint density at radius 2 is 1.74 bits per heavy atom. The van der Waals surface area contributed by atoms with Gasteiger partial charge < -0.3 is 10.5 Å². The second-order valence-corrected chi connectivity index (χ2v) is 8.47. The lowest BCUT2D eigenvalue weighted by Crippen LogP contribution is -2.25. The molecule has 2 N–H and O–H groups in total. The van der Waals surface area contributed by atoms with Gasteiger partial charge in [-0.25, -0.2) is 0 Å². The molecule has 0 aliphatic rings. The van der Waals surface area contributed by atoms with Crippen molar-refractivity contribution in [3.05, 3.63) is 29.3 Å². The summed E-state index contributed by atoms with van der Waals surface area (Å²) in [6.07, 6.45) is 3.03. The average molecular weight is 342 g/mol. The Morgan fingerprint density at radius 3 is 2.22 bits per heavy atom. The predicted octanol–water partition coefficient (Wildman–Crippen LogP) is 5.50. The van der Waals surface area contributed by atoms with Crippen molar-refractivity contribution in [3.8, 4) is 5.75 Å². The number of rotatable bonds is 7. The van der Waals surface area contributed by atoms with Crippen LogP contribution in [0.3, 0.4) is 0 Å². The van der Waals surface area contributed by atoms with Gasteiger partial charge in [-0.3, -0.25) is 0 Å². The van der Waals surface area contributed by atoms with Crippen LogP contribution in [-0.2, 0) is 11.8 Å². The Morgan fingerprint density at radius 1 is 1.13 bits per heavy atom. The summed E-state index contributed by atoms with van der Waals surface area (Å²) in [6.45, 7) is 16.5. The molecule has 0 amide bonds. The summed E-state index contributed by atoms with van der Waals surface area (Å²) >= 11 is 0. The lowest BCUT2D eigenvalue weighted by molar-refractivity contribution is 0.283. The largest absolute Gasteiger partial charge is 0.493 e. The molecule has 23 heavy (non-hydrogen) atoms. The van der Waals surface area contributed by atoms with Gasteiger partial charge in [-0.1, -0.05) is 53.7 Å². The molecule has 0 aromatic heterocycles. The van der Waals surface area contributed by atoms with E-state index in [1.165, 1.54) is 11.1 Å². The normalized spacial score (nSPS) is 13.4. The molecule has 1 aromatic carbocycles. The molecule has 0 radical (unpaired) electrons. The van der Waals surface area contributed by atoms with E-state index in [1.807, 2.05) is 0 Å². The quantitative estimate of drug-likeness (QED) is 0.710. The zero-order valence-corrected chi connectivity index (χ0v) is 16.8. The van der Waals surface area contributed by atoms with Gasteiger partial charge in [0.25, 0.3) is 0 Å². The number of hydrogen-bond donors (Lipinski definition) is 1. The molecule has 0 bridgehead atoms. The van der Waals surface area contributed by atoms with Crippen LogP contribution in [0.1, 0.15) is 72.4 Å². The van der Waals surface area contributed by atoms with Crippen LogP contribution in [-0.4, -0.2) is 12.6 Å². The zero-order chi connectivity index (χ0) is 17.0. The Hall–Kier alpha value is -0.730. The minimum absolute atomic E-state index is 0. The first-order chi connectivity index (χ1) is 10.0. The van der Waals surface area contributed by atoms with E-state index in [0.29, 0.717) is 5.41 Å². The van der Waals surface area contributed by atoms with Crippen molar-refractivity contribution in [2.45, 2.75) is 79.2 Å². The van der Waals surface area contributed by atoms with E-state index in [0.717, 1.165) is 31.6 Å². The van der Waals surface area contributed by atoms with Gasteiger partial charge in [0.2, 0.25) is 0 Å². The molecule has 0 saturated heterocycles. The van der Waals surface area contributed by atoms with Crippen LogP contribution in [0.25, 0.3) is 0 Å². The Labute approximate surface area is 149 Å². The zero-order valence-electron chi connectivity index (χ0n) is 16.0. The van der Waals surface area contributed by atoms with Crippen molar-refractivity contribution in [2.24, 2.45) is 11.1 Å². The fourth-order valence-electron chi connectivity index (χ4n) is 3.29. The first kappa shape index (κ1) is 22.3. The summed E-state index contributed by atoms with van der Waals surface area (Å²) in [5, 5.41) is 0. The monoisotopic (exact) mass is 341 g/mol. The third kappa shape index (κ3) is 7.58. The highest BCUT2D eigenvalue weighted by atomic mass is 35.5. The van der Waals surface area contributed by atoms with Crippen LogP contribution >= 0.6 is 12.4 Å². The number of halogens is 1. The van der Waals surface area contributed by atoms with Gasteiger partial charge >= 0.3 is 0 Å². The number of nitrogens with two attached hydrogens (primary N) is 1. The van der Waals surface area contributed by atoms with Crippen molar-refractivity contribution in [3.63, 3.8) is 0 Å². The van der Waals surface area contributed by atoms with Crippen LogP contribution < -0.4 is 10.5 Å². The average Bonchev–Trinajstić information content (AvgIpc) is 2.33. The molecule has 134 valence electrons. The van der Waals surface area contributed by atoms with Gasteiger partial charge in [0.15, 0.2) is 0 Å². The van der Waals surface area contributed by atoms with Gasteiger partial charge in [-0.2, -0.15) is 0 Å². The second kappa shape index (κ2) is 8.94. The molecule has 0 saturated carbocycles. The third-order valence-corrected chi connectivity index (χ3v) is 3.82. The summed E-state index contributed by atoms with van der Waals surface area (Å²) in [7, 11) is 0. The Bertz CT molecular complexity index is 475. The molecule has 0 spiro atoms. The van der Waals surface area contributed by atoms with Crippen molar-refractivity contribution >= 4 is 12.4 Å². The fraction of sp³-hybridized carbons (Fsp3) is 0.700. The van der Waals surface area contributed by atoms with Gasteiger partial charge in [0, 0.05) is 6.04 Å². The summed E-state index contributed by atoms with van der Waals surface area (Å²) in [4.78, 5) is 0. The highest BCUT2D eigenvalue weighted by molar-refractivity contribution is 5.85. The molecule has 0 aliphatic carbocycles. The highest BCUT2D eigenvalue weighted by Gasteiger charge is 2.28. The molecular formula is C20H36ClNO. The molecule has 1 atom stereocenters. The molecule has 2 nitrogen and oxygen atoms in total. The van der Waals surface area contributed by atoms with Crippen molar-refractivity contribution in [1.82, 2.24) is 0 Å². The van der Waals surface area contributed by atoms with Gasteiger partial charge in [-0.05, 0) is 54.2 Å². The molecule has 1 aromatic rings. The maximum atomic E-state index is 6.03. The molecule has 1 rings (SSSR count). The summed E-state index contributed by atoms with van der Waals surface area (Å²) < 4.78 is 5.90. The maximum absolute atomic E-state index is 6.03. The van der Waals surface area contributed by atoms with Crippen molar-refractivity contribution in [2.75, 3.05) is 6.61 Å². The number of hydrogen-bond acceptors (Lipinski definition) is 2. The molecule has 3 heteroatoms. The summed E-state index contributed by atoms with van der Waals surface area (Å²) in [5.41, 5.74) is 9.10. The molecular weight excluding hydrogens is 306 g/mol. The second-order valence-electron chi connectivity index (χ2n) is 8.47. The Kier molecular flexibility index (Phi) is 8.65. The predicted molar refractivity (Wildman–Crippen MR) is 104 cm³/mol. The smallest absolute Gasteiger partial charge is 0.122 e. The molecule has 1 unspecified atom stereocenters. The van der Waals surface area contributed by atoms with Gasteiger partial charge in [0.1, 0.15) is 5.75 Å². The first-order valence-electron chi connectivity index (χ1n) is 8.57. The minimum Gasteiger partial charge on any atom is -0.493 e. The van der Waals surface area contributed by atoms with E-state index in [2.05, 4.69) is 66.7 Å². The Balaban J connectivity index is 0.00000484. The van der Waals surface area contributed by atoms with Crippen molar-refractivity contribution < 1.29 is 4.74 Å². The van der Waals surface area contributed by atoms with E-state index < -0.39 is 0 Å². The van der Waals surface area contributed by atoms with E-state index >= 15 is 0 Å². The van der Waals surface area contributed by atoms with E-state index in [9.17, 15) is 0 Å². The van der Waals surface area contributed by atoms with Crippen LogP contribution in [0.15, 0.2) is 18.2 Å². The maximum Gasteiger partial charge on any atom is 0.122 e. The van der Waals surface area contributed by atoms with Crippen LogP contribution in [0, 0.1) is 5.41 Å². The standard InChI is InChI=1S/C20H35NO.ClH/c1-8-11-22-18-10-9-17(13-16(18)12-15(2)21)20(6,7)14-19(3,4)5;/h9-10,13,15H,8,11-12,14,21H2,1-7H3;1H. The number of ether oxygens (including phenoxy) is 1. The first-order valence-corrected chi connectivity index (χ1v) is 8.57. The van der Waals surface area contributed by atoms with E-state index in [-0.39, 0.29) is 23.9 Å². The van der Waals surface area contributed by atoms with E-state index in [1.54, 1.807) is 0 Å². The van der Waals surface area contributed by atoms with Gasteiger partial charge in [0.05, 0.1) is 6.61 Å². The highest BCUT2D eigenvalue weighted by Crippen LogP contribution is 2.37. The molecule has 0 aliphatic heterocycles. The topological polar surface area (TPSA) is 35.2 Å². The van der Waals surface area contributed by atoms with E-state index in [4.69, 9.17) is 10.5 Å². The molecule has 0 heterocycles. The molecule has 0 fully saturated rings. The van der Waals surface area contributed by atoms with Crippen LogP contribution in [0.4, 0.5) is 0 Å². The van der Waals surface area contributed by atoms with Gasteiger partial charge in [-0.15, -0.1) is 12.4 Å². The number of benzene rings is 1. The van der Waals surface area contributed by atoms with Crippen molar-refractivity contribution in [1.29, 1.82) is 0 Å². The third-order valence-electron chi connectivity index (χ3n) is 3.82. The lowest BCUT2D eigenvalue weighted by atomic mass is 9.72. The summed E-state index contributed by atoms with van der Waals surface area (Å²) in [5.74, 6) is 0.995. The van der Waals surface area contributed by atoms with Crippen LogP contribution in [0.2, 0.25) is 0 Å². The lowest BCUT2D eigenvalue weighted by Gasteiger charge is -2.33. The van der Waals surface area contributed by atoms with Crippen LogP contribution in [0.5, 0.6) is 5.75 Å². The minimum atomic E-state index is 0. The summed E-state index contributed by atoms with van der Waals surface area (Å²) in [6, 6.07) is 6.80. The SMILES string of the molecule is CCCOc1ccc(C(C)(C)CC(C)(C)C)cc1CC(C)N.Cl.